The molecule has 0 saturated carbocycles. The van der Waals surface area contributed by atoms with Crippen LogP contribution < -0.4 is 0 Å². The maximum Gasteiger partial charge on any atom is 0.249 e. The molecule has 0 bridgehead atoms. The van der Waals surface area contributed by atoms with E-state index in [4.69, 9.17) is 0 Å². The zero-order valence-electron chi connectivity index (χ0n) is 10.6. The summed E-state index contributed by atoms with van der Waals surface area (Å²) in [5, 5.41) is 0. The molecule has 2 saturated heterocycles. The Balaban J connectivity index is 2.08. The predicted molar refractivity (Wildman–Crippen MR) is 65.2 cm³/mol. The fourth-order valence-corrected chi connectivity index (χ4v) is 3.01. The van der Waals surface area contributed by atoms with Gasteiger partial charge in [-0.05, 0) is 26.7 Å². The van der Waals surface area contributed by atoms with Crippen LogP contribution in [-0.2, 0) is 4.79 Å². The van der Waals surface area contributed by atoms with Gasteiger partial charge in [0.2, 0.25) is 5.91 Å². The number of hydrogen-bond donors (Lipinski definition) is 0. The second-order valence-corrected chi connectivity index (χ2v) is 5.50. The van der Waals surface area contributed by atoms with E-state index in [9.17, 15) is 4.79 Å². The molecule has 3 heteroatoms. The van der Waals surface area contributed by atoms with Crippen molar-refractivity contribution in [2.75, 3.05) is 20.1 Å². The fourth-order valence-electron chi connectivity index (χ4n) is 3.01. The number of rotatable bonds is 1. The summed E-state index contributed by atoms with van der Waals surface area (Å²) in [6.07, 6.45) is 3.05. The smallest absolute Gasteiger partial charge is 0.249 e. The van der Waals surface area contributed by atoms with Crippen molar-refractivity contribution < 1.29 is 4.79 Å². The van der Waals surface area contributed by atoms with E-state index in [1.165, 1.54) is 0 Å². The van der Waals surface area contributed by atoms with Crippen molar-refractivity contribution >= 4 is 5.91 Å². The van der Waals surface area contributed by atoms with E-state index >= 15 is 0 Å². The van der Waals surface area contributed by atoms with Gasteiger partial charge < -0.3 is 9.80 Å². The van der Waals surface area contributed by atoms with Crippen molar-refractivity contribution in [3.05, 3.63) is 12.2 Å². The second kappa shape index (κ2) is 3.88. The average molecular weight is 222 g/mol. The molecule has 1 spiro atoms. The Kier molecular flexibility index (Phi) is 2.82. The van der Waals surface area contributed by atoms with Gasteiger partial charge in [0.15, 0.2) is 0 Å². The molecule has 0 N–H and O–H groups in total. The number of nitrogens with zero attached hydrogens (tertiary/aromatic N) is 2. The second-order valence-electron chi connectivity index (χ2n) is 5.50. The van der Waals surface area contributed by atoms with Gasteiger partial charge in [-0.25, -0.2) is 0 Å². The Morgan fingerprint density at radius 2 is 1.88 bits per heavy atom. The van der Waals surface area contributed by atoms with E-state index in [2.05, 4.69) is 25.3 Å². The molecule has 16 heavy (non-hydrogen) atoms. The quantitative estimate of drug-likeness (QED) is 0.630. The van der Waals surface area contributed by atoms with Crippen LogP contribution in [0.2, 0.25) is 0 Å². The van der Waals surface area contributed by atoms with Crippen molar-refractivity contribution in [2.45, 2.75) is 44.7 Å². The minimum Gasteiger partial charge on any atom is -0.336 e. The molecular formula is C13H22N2O. The lowest BCUT2D eigenvalue weighted by atomic mass is 9.84. The molecule has 2 aliphatic rings. The Labute approximate surface area is 98.1 Å². The molecule has 0 atom stereocenters. The highest BCUT2D eigenvalue weighted by atomic mass is 16.2. The highest BCUT2D eigenvalue weighted by Gasteiger charge is 2.46. The van der Waals surface area contributed by atoms with Crippen LogP contribution in [0.3, 0.4) is 0 Å². The molecule has 2 fully saturated rings. The molecule has 0 aliphatic carbocycles. The summed E-state index contributed by atoms with van der Waals surface area (Å²) in [5.74, 6) is 0.151. The van der Waals surface area contributed by atoms with Gasteiger partial charge in [0.05, 0.1) is 0 Å². The zero-order valence-corrected chi connectivity index (χ0v) is 10.6. The number of hydrogen-bond acceptors (Lipinski definition) is 2. The number of carbonyl (C=O) groups excluding carboxylic acids is 1. The van der Waals surface area contributed by atoms with Crippen LogP contribution in [0.4, 0.5) is 0 Å². The Bertz CT molecular complexity index is 314. The van der Waals surface area contributed by atoms with Crippen LogP contribution in [0, 0.1) is 0 Å². The highest BCUT2D eigenvalue weighted by Crippen LogP contribution is 2.40. The van der Waals surface area contributed by atoms with Gasteiger partial charge in [0, 0.05) is 43.7 Å². The first kappa shape index (κ1) is 11.6. The molecule has 2 rings (SSSR count). The molecule has 0 aromatic rings. The van der Waals surface area contributed by atoms with E-state index in [-0.39, 0.29) is 11.4 Å². The first-order valence-corrected chi connectivity index (χ1v) is 6.16. The molecular weight excluding hydrogens is 200 g/mol. The summed E-state index contributed by atoms with van der Waals surface area (Å²) in [5.41, 5.74) is 0.875. The van der Waals surface area contributed by atoms with E-state index < -0.39 is 0 Å². The topological polar surface area (TPSA) is 23.6 Å². The van der Waals surface area contributed by atoms with E-state index in [0.29, 0.717) is 6.04 Å². The maximum atomic E-state index is 11.8. The normalized spacial score (nSPS) is 26.1. The van der Waals surface area contributed by atoms with Gasteiger partial charge in [-0.15, -0.1) is 0 Å². The van der Waals surface area contributed by atoms with Crippen molar-refractivity contribution in [3.63, 3.8) is 0 Å². The van der Waals surface area contributed by atoms with Crippen LogP contribution in [0.25, 0.3) is 0 Å². The molecule has 2 aliphatic heterocycles. The van der Waals surface area contributed by atoms with Gasteiger partial charge in [-0.1, -0.05) is 6.58 Å². The molecule has 2 heterocycles. The average Bonchev–Trinajstić information content (AvgIpc) is 2.45. The summed E-state index contributed by atoms with van der Waals surface area (Å²) in [6.45, 7) is 10.6. The van der Waals surface area contributed by atoms with Crippen LogP contribution in [0.1, 0.15) is 33.1 Å². The van der Waals surface area contributed by atoms with Crippen molar-refractivity contribution in [2.24, 2.45) is 0 Å². The summed E-state index contributed by atoms with van der Waals surface area (Å²) < 4.78 is 0. The van der Waals surface area contributed by atoms with Gasteiger partial charge in [0.25, 0.3) is 0 Å². The molecule has 3 nitrogen and oxygen atoms in total. The lowest BCUT2D eigenvalue weighted by Gasteiger charge is -2.44. The first-order chi connectivity index (χ1) is 7.46. The summed E-state index contributed by atoms with van der Waals surface area (Å²) >= 11 is 0. The first-order valence-electron chi connectivity index (χ1n) is 6.16. The maximum absolute atomic E-state index is 11.8. The van der Waals surface area contributed by atoms with Crippen LogP contribution >= 0.6 is 0 Å². The van der Waals surface area contributed by atoms with Gasteiger partial charge in [0.1, 0.15) is 0 Å². The van der Waals surface area contributed by atoms with Gasteiger partial charge in [-0.2, -0.15) is 0 Å². The van der Waals surface area contributed by atoms with Crippen molar-refractivity contribution in [1.29, 1.82) is 0 Å². The van der Waals surface area contributed by atoms with E-state index in [1.54, 1.807) is 0 Å². The van der Waals surface area contributed by atoms with Crippen LogP contribution in [0.5, 0.6) is 0 Å². The summed E-state index contributed by atoms with van der Waals surface area (Å²) in [7, 11) is 1.94. The molecule has 0 radical (unpaired) electrons. The van der Waals surface area contributed by atoms with E-state index in [0.717, 1.165) is 37.9 Å². The summed E-state index contributed by atoms with van der Waals surface area (Å²) in [6, 6.07) is 0.614. The number of amides is 1. The predicted octanol–water partition coefficient (Wildman–Crippen LogP) is 1.65. The highest BCUT2D eigenvalue weighted by molar-refractivity contribution is 5.96. The van der Waals surface area contributed by atoms with Crippen LogP contribution in [0.15, 0.2) is 12.2 Å². The lowest BCUT2D eigenvalue weighted by Crippen LogP contribution is -2.52. The summed E-state index contributed by atoms with van der Waals surface area (Å²) in [4.78, 5) is 16.2. The number of likely N-dealkylation sites (N-methyl/N-ethyl adjacent to an activating group) is 1. The van der Waals surface area contributed by atoms with Crippen molar-refractivity contribution in [1.82, 2.24) is 9.80 Å². The number of piperidine rings is 1. The zero-order chi connectivity index (χ0) is 11.9. The fraction of sp³-hybridized carbons (Fsp3) is 0.769. The SMILES string of the molecule is C=C1CC2(CCN(C(C)C)CC2)N(C)C1=O. The lowest BCUT2D eigenvalue weighted by molar-refractivity contribution is -0.128. The molecule has 0 aromatic carbocycles. The molecule has 1 amide bonds. The minimum atomic E-state index is 0.0829. The van der Waals surface area contributed by atoms with Gasteiger partial charge in [-0.3, -0.25) is 4.79 Å². The molecule has 0 unspecified atom stereocenters. The monoisotopic (exact) mass is 222 g/mol. The Morgan fingerprint density at radius 1 is 1.31 bits per heavy atom. The third kappa shape index (κ3) is 1.67. The number of likely N-dealkylation sites (tertiary alicyclic amines) is 2. The Hall–Kier alpha value is -0.830. The minimum absolute atomic E-state index is 0.0829. The van der Waals surface area contributed by atoms with E-state index in [1.807, 2.05) is 11.9 Å². The van der Waals surface area contributed by atoms with Gasteiger partial charge >= 0.3 is 0 Å². The molecule has 90 valence electrons. The Morgan fingerprint density at radius 3 is 2.25 bits per heavy atom. The number of carbonyl (C=O) groups is 1. The van der Waals surface area contributed by atoms with Crippen LogP contribution in [-0.4, -0.2) is 47.4 Å². The molecule has 0 aromatic heterocycles. The van der Waals surface area contributed by atoms with Crippen molar-refractivity contribution in [3.8, 4) is 0 Å². The standard InChI is InChI=1S/C13H22N2O/c1-10(2)15-7-5-13(6-8-15)9-11(3)12(16)14(13)4/h10H,3,5-9H2,1-2,4H3. The largest absolute Gasteiger partial charge is 0.336 e. The third-order valence-electron chi connectivity index (χ3n) is 4.32. The third-order valence-corrected chi connectivity index (χ3v) is 4.32.